The van der Waals surface area contributed by atoms with E-state index in [4.69, 9.17) is 5.11 Å². The van der Waals surface area contributed by atoms with Gasteiger partial charge in [0.15, 0.2) is 0 Å². The third kappa shape index (κ3) is 1.65. The molecule has 0 saturated carbocycles. The van der Waals surface area contributed by atoms with Gasteiger partial charge in [-0.1, -0.05) is 0 Å². The molecular weight excluding hydrogens is 178 g/mol. The van der Waals surface area contributed by atoms with Gasteiger partial charge in [0, 0.05) is 25.0 Å². The van der Waals surface area contributed by atoms with Crippen molar-refractivity contribution in [1.29, 1.82) is 0 Å². The lowest BCUT2D eigenvalue weighted by Crippen LogP contribution is -1.87. The highest BCUT2D eigenvalue weighted by Crippen LogP contribution is 2.16. The topological polar surface area (TPSA) is 50.9 Å². The van der Waals surface area contributed by atoms with Gasteiger partial charge in [-0.2, -0.15) is 5.10 Å². The van der Waals surface area contributed by atoms with E-state index in [-0.39, 0.29) is 6.61 Å². The zero-order valence-electron chi connectivity index (χ0n) is 7.88. The second-order valence-electron chi connectivity index (χ2n) is 3.11. The van der Waals surface area contributed by atoms with Crippen molar-refractivity contribution in [3.8, 4) is 11.3 Å². The average Bonchev–Trinajstić information content (AvgIpc) is 2.65. The van der Waals surface area contributed by atoms with E-state index >= 15 is 0 Å². The predicted octanol–water partition coefficient (Wildman–Crippen LogP) is 0.974. The molecule has 4 nitrogen and oxygen atoms in total. The van der Waals surface area contributed by atoms with Crippen LogP contribution in [0.2, 0.25) is 0 Å². The summed E-state index contributed by atoms with van der Waals surface area (Å²) in [4.78, 5) is 4.21. The number of aromatic nitrogens is 3. The number of aliphatic hydroxyl groups is 1. The molecule has 1 N–H and O–H groups in total. The third-order valence-corrected chi connectivity index (χ3v) is 2.01. The Kier molecular flexibility index (Phi) is 2.28. The van der Waals surface area contributed by atoms with Gasteiger partial charge in [-0.05, 0) is 17.7 Å². The number of aliphatic hydroxyl groups excluding tert-OH is 1. The van der Waals surface area contributed by atoms with Gasteiger partial charge in [-0.15, -0.1) is 0 Å². The van der Waals surface area contributed by atoms with E-state index in [1.54, 1.807) is 23.1 Å². The fraction of sp³-hybridized carbons (Fsp3) is 0.200. The molecule has 2 aromatic heterocycles. The van der Waals surface area contributed by atoms with Crippen molar-refractivity contribution < 1.29 is 5.11 Å². The summed E-state index contributed by atoms with van der Waals surface area (Å²) in [5, 5.41) is 13.0. The molecule has 2 rings (SSSR count). The number of rotatable bonds is 2. The summed E-state index contributed by atoms with van der Waals surface area (Å²) in [6.45, 7) is 0.0375. The maximum atomic E-state index is 8.97. The Morgan fingerprint density at radius 1 is 1.50 bits per heavy atom. The summed E-state index contributed by atoms with van der Waals surface area (Å²) < 4.78 is 1.72. The first-order valence-corrected chi connectivity index (χ1v) is 4.34. The molecule has 72 valence electrons. The van der Waals surface area contributed by atoms with Gasteiger partial charge in [-0.3, -0.25) is 9.67 Å². The van der Waals surface area contributed by atoms with E-state index < -0.39 is 0 Å². The minimum Gasteiger partial charge on any atom is -0.392 e. The highest BCUT2D eigenvalue weighted by Gasteiger charge is 2.01. The minimum absolute atomic E-state index is 0.0375. The van der Waals surface area contributed by atoms with E-state index in [1.807, 2.05) is 19.3 Å². The Morgan fingerprint density at radius 3 is 3.00 bits per heavy atom. The van der Waals surface area contributed by atoms with Crippen molar-refractivity contribution in [2.75, 3.05) is 0 Å². The van der Waals surface area contributed by atoms with Gasteiger partial charge < -0.3 is 5.11 Å². The lowest BCUT2D eigenvalue weighted by atomic mass is 10.2. The van der Waals surface area contributed by atoms with Crippen LogP contribution < -0.4 is 0 Å². The van der Waals surface area contributed by atoms with E-state index in [0.29, 0.717) is 0 Å². The molecule has 4 heteroatoms. The highest BCUT2D eigenvalue weighted by molar-refractivity contribution is 5.57. The van der Waals surface area contributed by atoms with Gasteiger partial charge in [0.1, 0.15) is 0 Å². The first-order valence-electron chi connectivity index (χ1n) is 4.34. The molecule has 0 atom stereocenters. The molecule has 0 aliphatic rings. The third-order valence-electron chi connectivity index (χ3n) is 2.01. The molecule has 0 amide bonds. The zero-order chi connectivity index (χ0) is 9.97. The van der Waals surface area contributed by atoms with Crippen LogP contribution in [0.25, 0.3) is 11.3 Å². The summed E-state index contributed by atoms with van der Waals surface area (Å²) in [6, 6.07) is 3.65. The number of hydrogen-bond acceptors (Lipinski definition) is 3. The molecule has 0 aromatic carbocycles. The second kappa shape index (κ2) is 3.59. The number of aryl methyl sites for hydroxylation is 1. The van der Waals surface area contributed by atoms with Crippen molar-refractivity contribution in [2.24, 2.45) is 7.05 Å². The molecular formula is C10H11N3O. The molecule has 0 spiro atoms. The van der Waals surface area contributed by atoms with Gasteiger partial charge in [0.2, 0.25) is 0 Å². The van der Waals surface area contributed by atoms with Crippen LogP contribution in [0.5, 0.6) is 0 Å². The quantitative estimate of drug-likeness (QED) is 0.766. The first kappa shape index (κ1) is 8.90. The maximum absolute atomic E-state index is 8.97. The summed E-state index contributed by atoms with van der Waals surface area (Å²) in [6.07, 6.45) is 5.33. The van der Waals surface area contributed by atoms with Crippen LogP contribution in [-0.2, 0) is 13.7 Å². The summed E-state index contributed by atoms with van der Waals surface area (Å²) in [5.74, 6) is 0. The van der Waals surface area contributed by atoms with Gasteiger partial charge in [0.05, 0.1) is 18.5 Å². The normalized spacial score (nSPS) is 10.4. The molecule has 2 heterocycles. The summed E-state index contributed by atoms with van der Waals surface area (Å²) >= 11 is 0. The Morgan fingerprint density at radius 2 is 2.36 bits per heavy atom. The predicted molar refractivity (Wildman–Crippen MR) is 52.4 cm³/mol. The smallest absolute Gasteiger partial charge is 0.0737 e. The van der Waals surface area contributed by atoms with Crippen molar-refractivity contribution in [3.05, 3.63) is 36.3 Å². The number of hydrogen-bond donors (Lipinski definition) is 1. The minimum atomic E-state index is 0.0375. The van der Waals surface area contributed by atoms with Crippen molar-refractivity contribution in [2.45, 2.75) is 6.61 Å². The molecule has 0 radical (unpaired) electrons. The molecule has 0 aliphatic heterocycles. The van der Waals surface area contributed by atoms with Crippen LogP contribution >= 0.6 is 0 Å². The van der Waals surface area contributed by atoms with Crippen LogP contribution in [0.4, 0.5) is 0 Å². The zero-order valence-corrected chi connectivity index (χ0v) is 7.88. The van der Waals surface area contributed by atoms with Crippen LogP contribution in [0.3, 0.4) is 0 Å². The standard InChI is InChI=1S/C10H11N3O/c1-13-6-9(5-12-13)10-4-8(7-14)2-3-11-10/h2-6,14H,7H2,1H3. The fourth-order valence-corrected chi connectivity index (χ4v) is 1.28. The molecule has 0 bridgehead atoms. The van der Waals surface area contributed by atoms with Crippen molar-refractivity contribution in [1.82, 2.24) is 14.8 Å². The summed E-state index contributed by atoms with van der Waals surface area (Å²) in [7, 11) is 1.86. The Balaban J connectivity index is 2.41. The fourth-order valence-electron chi connectivity index (χ4n) is 1.28. The molecule has 0 aliphatic carbocycles. The molecule has 0 unspecified atom stereocenters. The second-order valence-corrected chi connectivity index (χ2v) is 3.11. The van der Waals surface area contributed by atoms with Crippen LogP contribution in [-0.4, -0.2) is 19.9 Å². The van der Waals surface area contributed by atoms with Crippen LogP contribution in [0.1, 0.15) is 5.56 Å². The van der Waals surface area contributed by atoms with Crippen LogP contribution in [0.15, 0.2) is 30.7 Å². The van der Waals surface area contributed by atoms with Gasteiger partial charge >= 0.3 is 0 Å². The van der Waals surface area contributed by atoms with E-state index in [2.05, 4.69) is 10.1 Å². The molecule has 0 saturated heterocycles. The van der Waals surface area contributed by atoms with Crippen molar-refractivity contribution in [3.63, 3.8) is 0 Å². The first-order chi connectivity index (χ1) is 6.79. The highest BCUT2D eigenvalue weighted by atomic mass is 16.3. The van der Waals surface area contributed by atoms with Crippen LogP contribution in [0, 0.1) is 0 Å². The molecule has 14 heavy (non-hydrogen) atoms. The van der Waals surface area contributed by atoms with E-state index in [0.717, 1.165) is 16.8 Å². The maximum Gasteiger partial charge on any atom is 0.0737 e. The summed E-state index contributed by atoms with van der Waals surface area (Å²) in [5.41, 5.74) is 2.66. The van der Waals surface area contributed by atoms with E-state index in [1.165, 1.54) is 0 Å². The van der Waals surface area contributed by atoms with E-state index in [9.17, 15) is 0 Å². The lowest BCUT2D eigenvalue weighted by molar-refractivity contribution is 0.282. The molecule has 2 aromatic rings. The number of pyridine rings is 1. The Labute approximate surface area is 81.8 Å². The Hall–Kier alpha value is -1.68. The monoisotopic (exact) mass is 189 g/mol. The van der Waals surface area contributed by atoms with Gasteiger partial charge in [0.25, 0.3) is 0 Å². The molecule has 0 fully saturated rings. The Bertz CT molecular complexity index is 436. The SMILES string of the molecule is Cn1cc(-c2cc(CO)ccn2)cn1. The van der Waals surface area contributed by atoms with Gasteiger partial charge in [-0.25, -0.2) is 0 Å². The lowest BCUT2D eigenvalue weighted by Gasteiger charge is -1.98. The van der Waals surface area contributed by atoms with Crippen molar-refractivity contribution >= 4 is 0 Å². The average molecular weight is 189 g/mol. The largest absolute Gasteiger partial charge is 0.392 e. The number of nitrogens with zero attached hydrogens (tertiary/aromatic N) is 3.